The third-order valence-electron chi connectivity index (χ3n) is 3.89. The molecule has 0 radical (unpaired) electrons. The lowest BCUT2D eigenvalue weighted by Crippen LogP contribution is -2.23. The van der Waals surface area contributed by atoms with Gasteiger partial charge in [-0.05, 0) is 26.0 Å². The van der Waals surface area contributed by atoms with E-state index in [9.17, 15) is 14.0 Å². The van der Waals surface area contributed by atoms with E-state index in [2.05, 4.69) is 25.8 Å². The summed E-state index contributed by atoms with van der Waals surface area (Å²) in [4.78, 5) is 28.6. The van der Waals surface area contributed by atoms with Crippen LogP contribution in [0.1, 0.15) is 19.7 Å². The van der Waals surface area contributed by atoms with E-state index in [1.165, 1.54) is 35.2 Å². The zero-order valence-corrected chi connectivity index (χ0v) is 17.4. The minimum absolute atomic E-state index is 0.0601. The highest BCUT2D eigenvalue weighted by molar-refractivity contribution is 8.00. The molecule has 0 saturated heterocycles. The highest BCUT2D eigenvalue weighted by Gasteiger charge is 2.21. The van der Waals surface area contributed by atoms with Crippen LogP contribution in [0.25, 0.3) is 0 Å². The number of benzene rings is 1. The van der Waals surface area contributed by atoms with E-state index in [0.29, 0.717) is 22.7 Å². The molecule has 0 aliphatic rings. The van der Waals surface area contributed by atoms with Crippen molar-refractivity contribution in [2.24, 2.45) is 0 Å². The van der Waals surface area contributed by atoms with E-state index in [4.69, 9.17) is 0 Å². The summed E-state index contributed by atoms with van der Waals surface area (Å²) >= 11 is 2.58. The van der Waals surface area contributed by atoms with Crippen molar-refractivity contribution in [3.63, 3.8) is 0 Å². The van der Waals surface area contributed by atoms with Gasteiger partial charge in [0.15, 0.2) is 10.3 Å². The number of para-hydroxylation sites is 1. The fourth-order valence-corrected chi connectivity index (χ4v) is 3.92. The number of nitrogens with zero attached hydrogens (tertiary/aromatic N) is 4. The molecule has 3 aromatic rings. The molecule has 11 heteroatoms. The number of halogens is 1. The Morgan fingerprint density at radius 3 is 2.76 bits per heavy atom. The van der Waals surface area contributed by atoms with E-state index < -0.39 is 17.0 Å². The predicted octanol–water partition coefficient (Wildman–Crippen LogP) is 3.19. The van der Waals surface area contributed by atoms with E-state index >= 15 is 0 Å². The first-order valence-corrected chi connectivity index (χ1v) is 10.6. The van der Waals surface area contributed by atoms with Crippen LogP contribution in [0.4, 0.5) is 15.2 Å². The lowest BCUT2D eigenvalue weighted by atomic mass is 10.3. The van der Waals surface area contributed by atoms with Crippen LogP contribution in [0.5, 0.6) is 0 Å². The van der Waals surface area contributed by atoms with Crippen molar-refractivity contribution in [3.8, 4) is 0 Å². The number of nitrogens with one attached hydrogen (secondary N) is 2. The van der Waals surface area contributed by atoms with Crippen molar-refractivity contribution < 1.29 is 14.0 Å². The molecular weight excluding hydrogens is 415 g/mol. The number of amides is 2. The van der Waals surface area contributed by atoms with Crippen LogP contribution in [0, 0.1) is 5.82 Å². The van der Waals surface area contributed by atoms with Gasteiger partial charge >= 0.3 is 0 Å². The quantitative estimate of drug-likeness (QED) is 0.528. The van der Waals surface area contributed by atoms with Gasteiger partial charge in [0, 0.05) is 18.1 Å². The Hall–Kier alpha value is -2.79. The van der Waals surface area contributed by atoms with Crippen LogP contribution in [-0.4, -0.2) is 36.8 Å². The van der Waals surface area contributed by atoms with Crippen molar-refractivity contribution in [1.29, 1.82) is 0 Å². The summed E-state index contributed by atoms with van der Waals surface area (Å²) in [6.45, 7) is 4.18. The topological polar surface area (TPSA) is 102 Å². The number of thioether (sulfide) groups is 1. The van der Waals surface area contributed by atoms with Gasteiger partial charge in [-0.2, -0.15) is 0 Å². The summed E-state index contributed by atoms with van der Waals surface area (Å²) in [7, 11) is 0. The second-order valence-corrected chi connectivity index (χ2v) is 8.14. The number of carbonyl (C=O) groups is 2. The minimum atomic E-state index is -0.505. The molecule has 0 spiro atoms. The van der Waals surface area contributed by atoms with Crippen LogP contribution in [-0.2, 0) is 22.6 Å². The van der Waals surface area contributed by atoms with Gasteiger partial charge in [0.2, 0.25) is 11.8 Å². The normalized spacial score (nSPS) is 11.8. The molecule has 2 heterocycles. The second kappa shape index (κ2) is 9.61. The van der Waals surface area contributed by atoms with Gasteiger partial charge in [-0.25, -0.2) is 9.37 Å². The van der Waals surface area contributed by atoms with Crippen molar-refractivity contribution in [2.45, 2.75) is 37.2 Å². The highest BCUT2D eigenvalue weighted by atomic mass is 32.2. The number of hydrogen-bond acceptors (Lipinski definition) is 7. The second-order valence-electron chi connectivity index (χ2n) is 5.93. The third-order valence-corrected chi connectivity index (χ3v) is 5.66. The Labute approximate surface area is 174 Å². The number of hydrogen-bond donors (Lipinski definition) is 2. The SMILES string of the molecule is CCn1c(CC(=O)Nc2ccccc2F)nnc1S[C@@H](C)C(=O)Nc1nccs1. The first kappa shape index (κ1) is 20.9. The minimum Gasteiger partial charge on any atom is -0.323 e. The zero-order valence-electron chi connectivity index (χ0n) is 15.8. The van der Waals surface area contributed by atoms with Gasteiger partial charge in [0.1, 0.15) is 11.6 Å². The summed E-state index contributed by atoms with van der Waals surface area (Å²) in [5.41, 5.74) is 0.113. The van der Waals surface area contributed by atoms with Crippen molar-refractivity contribution in [2.75, 3.05) is 10.6 Å². The average molecular weight is 435 g/mol. The van der Waals surface area contributed by atoms with E-state index in [1.54, 1.807) is 35.2 Å². The molecule has 2 amide bonds. The van der Waals surface area contributed by atoms with Gasteiger partial charge in [-0.15, -0.1) is 21.5 Å². The lowest BCUT2D eigenvalue weighted by Gasteiger charge is -2.12. The van der Waals surface area contributed by atoms with Gasteiger partial charge in [-0.1, -0.05) is 23.9 Å². The Morgan fingerprint density at radius 1 is 1.28 bits per heavy atom. The smallest absolute Gasteiger partial charge is 0.239 e. The fourth-order valence-electron chi connectivity index (χ4n) is 2.46. The van der Waals surface area contributed by atoms with Crippen LogP contribution in [0.15, 0.2) is 41.0 Å². The molecule has 1 atom stereocenters. The third kappa shape index (κ3) is 5.39. The molecule has 8 nitrogen and oxygen atoms in total. The number of anilines is 2. The maximum atomic E-state index is 13.7. The first-order chi connectivity index (χ1) is 14.0. The highest BCUT2D eigenvalue weighted by Crippen LogP contribution is 2.24. The number of rotatable bonds is 8. The fraction of sp³-hybridized carbons (Fsp3) is 0.278. The molecular formula is C18H19FN6O2S2. The van der Waals surface area contributed by atoms with Gasteiger partial charge in [0.25, 0.3) is 0 Å². The molecule has 152 valence electrons. The Bertz CT molecular complexity index is 992. The van der Waals surface area contributed by atoms with Crippen molar-refractivity contribution in [3.05, 3.63) is 47.5 Å². The molecule has 0 aliphatic carbocycles. The monoisotopic (exact) mass is 434 g/mol. The molecule has 2 N–H and O–H groups in total. The Kier molecular flexibility index (Phi) is 6.94. The molecule has 29 heavy (non-hydrogen) atoms. The Balaban J connectivity index is 1.64. The largest absolute Gasteiger partial charge is 0.323 e. The maximum Gasteiger partial charge on any atom is 0.239 e. The molecule has 1 aromatic carbocycles. The molecule has 2 aromatic heterocycles. The zero-order chi connectivity index (χ0) is 20.8. The predicted molar refractivity (Wildman–Crippen MR) is 110 cm³/mol. The first-order valence-electron chi connectivity index (χ1n) is 8.81. The van der Waals surface area contributed by atoms with Crippen LogP contribution < -0.4 is 10.6 Å². The Morgan fingerprint density at radius 2 is 2.07 bits per heavy atom. The summed E-state index contributed by atoms with van der Waals surface area (Å²) in [6, 6.07) is 5.95. The van der Waals surface area contributed by atoms with Gasteiger partial charge in [0.05, 0.1) is 17.4 Å². The summed E-state index contributed by atoms with van der Waals surface area (Å²) < 4.78 is 15.5. The number of thiazole rings is 1. The summed E-state index contributed by atoms with van der Waals surface area (Å²) in [6.07, 6.45) is 1.56. The lowest BCUT2D eigenvalue weighted by molar-refractivity contribution is -0.116. The maximum absolute atomic E-state index is 13.7. The van der Waals surface area contributed by atoms with Crippen LogP contribution in [0.3, 0.4) is 0 Å². The van der Waals surface area contributed by atoms with Crippen LogP contribution in [0.2, 0.25) is 0 Å². The van der Waals surface area contributed by atoms with Crippen molar-refractivity contribution in [1.82, 2.24) is 19.7 Å². The molecule has 3 rings (SSSR count). The molecule has 0 fully saturated rings. The molecule has 0 saturated carbocycles. The summed E-state index contributed by atoms with van der Waals surface area (Å²) in [5, 5.41) is 15.9. The number of aromatic nitrogens is 4. The van der Waals surface area contributed by atoms with Gasteiger partial charge in [-0.3, -0.25) is 9.59 Å². The van der Waals surface area contributed by atoms with Crippen LogP contribution >= 0.6 is 23.1 Å². The van der Waals surface area contributed by atoms with Crippen molar-refractivity contribution >= 4 is 45.7 Å². The average Bonchev–Trinajstić information content (AvgIpc) is 3.33. The summed E-state index contributed by atoms with van der Waals surface area (Å²) in [5.74, 6) is -0.664. The van der Waals surface area contributed by atoms with E-state index in [1.807, 2.05) is 6.92 Å². The van der Waals surface area contributed by atoms with E-state index in [0.717, 1.165) is 0 Å². The molecule has 0 bridgehead atoms. The van der Waals surface area contributed by atoms with E-state index in [-0.39, 0.29) is 18.0 Å². The number of carbonyl (C=O) groups excluding carboxylic acids is 2. The molecule has 0 unspecified atom stereocenters. The molecule has 0 aliphatic heterocycles. The standard InChI is InChI=1S/C18H19FN6O2S2/c1-3-25-14(10-15(26)21-13-7-5-4-6-12(13)19)23-24-18(25)29-11(2)16(27)22-17-20-8-9-28-17/h4-9,11H,3,10H2,1-2H3,(H,21,26)(H,20,22,27)/t11-/m0/s1. The van der Waals surface area contributed by atoms with Gasteiger partial charge < -0.3 is 15.2 Å².